The van der Waals surface area contributed by atoms with Crippen molar-refractivity contribution < 1.29 is 22.4 Å². The minimum Gasteiger partial charge on any atom is -0.330 e. The molecular weight excluding hydrogens is 172 g/mol. The average molecular weight is 182 g/mol. The molecule has 0 amide bonds. The van der Waals surface area contributed by atoms with Crippen molar-refractivity contribution in [2.75, 3.05) is 13.1 Å². The number of hydrogen-bond acceptors (Lipinski definition) is 2. The average Bonchev–Trinajstić information content (AvgIpc) is 1.41. The predicted octanol–water partition coefficient (Wildman–Crippen LogP) is -0.709. The van der Waals surface area contributed by atoms with E-state index in [0.717, 1.165) is 19.5 Å². The largest absolute Gasteiger partial charge is 0.330 e. The normalized spacial score (nSPS) is 7.00. The van der Waals surface area contributed by atoms with Crippen molar-refractivity contribution >= 4 is 0 Å². The van der Waals surface area contributed by atoms with Crippen LogP contribution < -0.4 is 11.5 Å². The van der Waals surface area contributed by atoms with Crippen LogP contribution in [0.2, 0.25) is 0 Å². The fourth-order valence-electron chi connectivity index (χ4n) is 0.118. The molecule has 1 radical (unpaired) electrons. The summed E-state index contributed by atoms with van der Waals surface area (Å²) in [6.07, 6.45) is 0.944. The molecule has 0 aromatic rings. The molecule has 0 aliphatic rings. The first kappa shape index (κ1) is 9.83. The summed E-state index contributed by atoms with van der Waals surface area (Å²) in [6.45, 7) is 1.44. The van der Waals surface area contributed by atoms with Gasteiger partial charge in [-0.15, -0.1) is 0 Å². The third kappa shape index (κ3) is 8.82. The van der Waals surface area contributed by atoms with Crippen molar-refractivity contribution in [2.24, 2.45) is 11.5 Å². The molecule has 3 heteroatoms. The molecule has 0 aliphatic heterocycles. The third-order valence-electron chi connectivity index (χ3n) is 0.408. The minimum atomic E-state index is 0. The molecule has 0 rings (SSSR count). The van der Waals surface area contributed by atoms with Gasteiger partial charge in [-0.25, -0.2) is 0 Å². The monoisotopic (exact) mass is 181 g/mol. The van der Waals surface area contributed by atoms with Gasteiger partial charge in [-0.05, 0) is 19.5 Å². The maximum absolute atomic E-state index is 5.06. The van der Waals surface area contributed by atoms with E-state index in [-0.39, 0.29) is 22.4 Å². The third-order valence-corrected chi connectivity index (χ3v) is 0.408. The Morgan fingerprint density at radius 3 is 1.33 bits per heavy atom. The summed E-state index contributed by atoms with van der Waals surface area (Å²) in [5.41, 5.74) is 10.1. The standard InChI is InChI=1S/C3H10N2.Ag/c4-2-1-3-5;/h1-5H2;. The van der Waals surface area contributed by atoms with Gasteiger partial charge in [-0.1, -0.05) is 0 Å². The smallest absolute Gasteiger partial charge is 0 e. The first-order valence-corrected chi connectivity index (χ1v) is 1.82. The van der Waals surface area contributed by atoms with Gasteiger partial charge in [0.1, 0.15) is 0 Å². The molecule has 0 aromatic heterocycles. The molecule has 0 aromatic carbocycles. The fourth-order valence-corrected chi connectivity index (χ4v) is 0.118. The number of hydrogen-bond donors (Lipinski definition) is 2. The molecule has 0 saturated carbocycles. The van der Waals surface area contributed by atoms with Crippen molar-refractivity contribution in [3.8, 4) is 0 Å². The first-order valence-electron chi connectivity index (χ1n) is 1.82. The summed E-state index contributed by atoms with van der Waals surface area (Å²) in [4.78, 5) is 0. The molecule has 0 saturated heterocycles. The minimum absolute atomic E-state index is 0. The van der Waals surface area contributed by atoms with Gasteiger partial charge in [0, 0.05) is 22.4 Å². The van der Waals surface area contributed by atoms with E-state index in [1.165, 1.54) is 0 Å². The molecule has 0 unspecified atom stereocenters. The molecule has 0 aliphatic carbocycles. The zero-order chi connectivity index (χ0) is 4.12. The summed E-state index contributed by atoms with van der Waals surface area (Å²) >= 11 is 0. The molecule has 0 heterocycles. The summed E-state index contributed by atoms with van der Waals surface area (Å²) in [7, 11) is 0. The Bertz CT molecular complexity index is 16.3. The number of rotatable bonds is 2. The van der Waals surface area contributed by atoms with Crippen molar-refractivity contribution in [2.45, 2.75) is 6.42 Å². The first-order chi connectivity index (χ1) is 2.41. The topological polar surface area (TPSA) is 52.0 Å². The van der Waals surface area contributed by atoms with Crippen LogP contribution in [0, 0.1) is 0 Å². The molecule has 0 atom stereocenters. The van der Waals surface area contributed by atoms with Gasteiger partial charge in [-0.3, -0.25) is 0 Å². The van der Waals surface area contributed by atoms with E-state index >= 15 is 0 Å². The Morgan fingerprint density at radius 2 is 1.33 bits per heavy atom. The maximum atomic E-state index is 5.06. The quantitative estimate of drug-likeness (QED) is 0.554. The van der Waals surface area contributed by atoms with Gasteiger partial charge in [0.2, 0.25) is 0 Å². The van der Waals surface area contributed by atoms with E-state index in [0.29, 0.717) is 0 Å². The Kier molecular flexibility index (Phi) is 15.0. The summed E-state index contributed by atoms with van der Waals surface area (Å²) in [6, 6.07) is 0. The fraction of sp³-hybridized carbons (Fsp3) is 1.00. The molecule has 2 nitrogen and oxygen atoms in total. The van der Waals surface area contributed by atoms with E-state index in [2.05, 4.69) is 0 Å². The van der Waals surface area contributed by atoms with Crippen LogP contribution in [0.4, 0.5) is 0 Å². The summed E-state index contributed by atoms with van der Waals surface area (Å²) in [5, 5.41) is 0. The summed E-state index contributed by atoms with van der Waals surface area (Å²) < 4.78 is 0. The second-order valence-electron chi connectivity index (χ2n) is 0.931. The second-order valence-corrected chi connectivity index (χ2v) is 0.931. The van der Waals surface area contributed by atoms with Gasteiger partial charge in [-0.2, -0.15) is 0 Å². The second kappa shape index (κ2) is 9.18. The van der Waals surface area contributed by atoms with Crippen molar-refractivity contribution in [3.05, 3.63) is 0 Å². The van der Waals surface area contributed by atoms with E-state index in [9.17, 15) is 0 Å². The Labute approximate surface area is 53.8 Å². The predicted molar refractivity (Wildman–Crippen MR) is 22.7 cm³/mol. The van der Waals surface area contributed by atoms with Crippen LogP contribution in [-0.2, 0) is 22.4 Å². The molecule has 43 valence electrons. The van der Waals surface area contributed by atoms with Crippen LogP contribution in [0.25, 0.3) is 0 Å². The van der Waals surface area contributed by atoms with Crippen LogP contribution >= 0.6 is 0 Å². The van der Waals surface area contributed by atoms with Gasteiger partial charge < -0.3 is 11.5 Å². The number of nitrogens with two attached hydrogens (primary N) is 2. The van der Waals surface area contributed by atoms with E-state index in [1.807, 2.05) is 0 Å². The van der Waals surface area contributed by atoms with Crippen LogP contribution in [0.5, 0.6) is 0 Å². The van der Waals surface area contributed by atoms with Crippen LogP contribution in [0.3, 0.4) is 0 Å². The Balaban J connectivity index is 0. The van der Waals surface area contributed by atoms with Gasteiger partial charge in [0.25, 0.3) is 0 Å². The zero-order valence-corrected chi connectivity index (χ0v) is 5.06. The van der Waals surface area contributed by atoms with Crippen LogP contribution in [0.15, 0.2) is 0 Å². The van der Waals surface area contributed by atoms with Crippen molar-refractivity contribution in [3.63, 3.8) is 0 Å². The molecular formula is C3H10AgN2. The van der Waals surface area contributed by atoms with Crippen molar-refractivity contribution in [1.29, 1.82) is 0 Å². The van der Waals surface area contributed by atoms with Crippen molar-refractivity contribution in [1.82, 2.24) is 0 Å². The molecule has 6 heavy (non-hydrogen) atoms. The molecule has 4 N–H and O–H groups in total. The molecule has 0 fully saturated rings. The van der Waals surface area contributed by atoms with Crippen LogP contribution in [-0.4, -0.2) is 13.1 Å². The van der Waals surface area contributed by atoms with Crippen LogP contribution in [0.1, 0.15) is 6.42 Å². The van der Waals surface area contributed by atoms with E-state index in [1.54, 1.807) is 0 Å². The summed E-state index contributed by atoms with van der Waals surface area (Å²) in [5.74, 6) is 0. The van der Waals surface area contributed by atoms with E-state index in [4.69, 9.17) is 11.5 Å². The van der Waals surface area contributed by atoms with Gasteiger partial charge >= 0.3 is 0 Å². The zero-order valence-electron chi connectivity index (χ0n) is 3.58. The molecule has 0 bridgehead atoms. The molecule has 0 spiro atoms. The Morgan fingerprint density at radius 1 is 1.00 bits per heavy atom. The SMILES string of the molecule is NCCCN.[Ag]. The van der Waals surface area contributed by atoms with Gasteiger partial charge in [0.15, 0.2) is 0 Å². The Hall–Kier alpha value is 0.660. The van der Waals surface area contributed by atoms with Gasteiger partial charge in [0.05, 0.1) is 0 Å². The maximum Gasteiger partial charge on any atom is 0 e. The van der Waals surface area contributed by atoms with E-state index < -0.39 is 0 Å².